The largest absolute Gasteiger partial charge is 0.466 e. The Labute approximate surface area is 136 Å². The maximum Gasteiger partial charge on any atom is 0.307 e. The number of ether oxygens (including phenoxy) is 1. The molecule has 1 atom stereocenters. The Hall–Kier alpha value is -2.30. The third-order valence-corrected chi connectivity index (χ3v) is 3.70. The van der Waals surface area contributed by atoms with Gasteiger partial charge in [-0.15, -0.1) is 0 Å². The topological polar surface area (TPSA) is 71.2 Å². The van der Waals surface area contributed by atoms with Crippen LogP contribution in [0.1, 0.15) is 38.7 Å². The SMILES string of the molecule is CCCC(=O)N[C@@H](CC(=O)OCC)Cc1c[nH]c2ccccc12. The van der Waals surface area contributed by atoms with Gasteiger partial charge in [-0.05, 0) is 31.4 Å². The average molecular weight is 316 g/mol. The summed E-state index contributed by atoms with van der Waals surface area (Å²) in [5.41, 5.74) is 2.14. The number of fused-ring (bicyclic) bond motifs is 1. The van der Waals surface area contributed by atoms with E-state index < -0.39 is 0 Å². The van der Waals surface area contributed by atoms with Crippen molar-refractivity contribution in [3.05, 3.63) is 36.0 Å². The second-order valence-corrected chi connectivity index (χ2v) is 5.59. The lowest BCUT2D eigenvalue weighted by atomic mass is 10.0. The first-order valence-corrected chi connectivity index (χ1v) is 8.14. The molecule has 0 aliphatic rings. The molecule has 0 fully saturated rings. The smallest absolute Gasteiger partial charge is 0.307 e. The van der Waals surface area contributed by atoms with Crippen molar-refractivity contribution >= 4 is 22.8 Å². The fourth-order valence-corrected chi connectivity index (χ4v) is 2.69. The lowest BCUT2D eigenvalue weighted by Crippen LogP contribution is -2.38. The molecule has 0 aliphatic carbocycles. The third-order valence-electron chi connectivity index (χ3n) is 3.70. The fourth-order valence-electron chi connectivity index (χ4n) is 2.69. The van der Waals surface area contributed by atoms with Gasteiger partial charge in [-0.3, -0.25) is 9.59 Å². The van der Waals surface area contributed by atoms with Crippen LogP contribution in [0.25, 0.3) is 10.9 Å². The lowest BCUT2D eigenvalue weighted by Gasteiger charge is -2.17. The Kier molecular flexibility index (Phi) is 6.20. The summed E-state index contributed by atoms with van der Waals surface area (Å²) in [6.45, 7) is 4.09. The number of hydrogen-bond acceptors (Lipinski definition) is 3. The van der Waals surface area contributed by atoms with E-state index in [-0.39, 0.29) is 24.3 Å². The third kappa shape index (κ3) is 4.84. The first kappa shape index (κ1) is 17.1. The number of para-hydroxylation sites is 1. The molecule has 1 amide bonds. The van der Waals surface area contributed by atoms with E-state index in [1.54, 1.807) is 6.92 Å². The number of aromatic amines is 1. The Morgan fingerprint density at radius 3 is 2.78 bits per heavy atom. The molecule has 2 rings (SSSR count). The van der Waals surface area contributed by atoms with Gasteiger partial charge in [0.15, 0.2) is 0 Å². The van der Waals surface area contributed by atoms with Crippen molar-refractivity contribution in [2.45, 2.75) is 45.6 Å². The molecule has 0 aliphatic heterocycles. The Morgan fingerprint density at radius 2 is 2.04 bits per heavy atom. The Morgan fingerprint density at radius 1 is 1.26 bits per heavy atom. The fraction of sp³-hybridized carbons (Fsp3) is 0.444. The van der Waals surface area contributed by atoms with Crippen LogP contribution in [-0.4, -0.2) is 29.5 Å². The number of esters is 1. The molecule has 0 spiro atoms. The van der Waals surface area contributed by atoms with E-state index in [1.807, 2.05) is 37.4 Å². The van der Waals surface area contributed by atoms with Crippen molar-refractivity contribution in [2.24, 2.45) is 0 Å². The molecule has 0 unspecified atom stereocenters. The minimum Gasteiger partial charge on any atom is -0.466 e. The maximum absolute atomic E-state index is 11.9. The Bertz CT molecular complexity index is 643. The second-order valence-electron chi connectivity index (χ2n) is 5.59. The van der Waals surface area contributed by atoms with Gasteiger partial charge in [-0.2, -0.15) is 0 Å². The van der Waals surface area contributed by atoms with Crippen LogP contribution in [0.2, 0.25) is 0 Å². The molecule has 23 heavy (non-hydrogen) atoms. The molecule has 0 saturated carbocycles. The predicted molar refractivity (Wildman–Crippen MR) is 90.1 cm³/mol. The molecule has 0 radical (unpaired) electrons. The zero-order valence-electron chi connectivity index (χ0n) is 13.7. The van der Waals surface area contributed by atoms with Crippen molar-refractivity contribution < 1.29 is 14.3 Å². The molecule has 1 aromatic carbocycles. The quantitative estimate of drug-likeness (QED) is 0.736. The summed E-state index contributed by atoms with van der Waals surface area (Å²) in [7, 11) is 0. The highest BCUT2D eigenvalue weighted by molar-refractivity contribution is 5.83. The summed E-state index contributed by atoms with van der Waals surface area (Å²) in [6.07, 6.45) is 3.97. The van der Waals surface area contributed by atoms with Crippen LogP contribution in [-0.2, 0) is 20.7 Å². The average Bonchev–Trinajstić information content (AvgIpc) is 2.91. The van der Waals surface area contributed by atoms with Crippen molar-refractivity contribution in [1.82, 2.24) is 10.3 Å². The van der Waals surface area contributed by atoms with Crippen LogP contribution in [0, 0.1) is 0 Å². The van der Waals surface area contributed by atoms with Crippen molar-refractivity contribution in [2.75, 3.05) is 6.61 Å². The minimum absolute atomic E-state index is 0.0263. The van der Waals surface area contributed by atoms with Gasteiger partial charge >= 0.3 is 5.97 Å². The Balaban J connectivity index is 2.12. The van der Waals surface area contributed by atoms with E-state index in [1.165, 1.54) is 0 Å². The summed E-state index contributed by atoms with van der Waals surface area (Å²) in [6, 6.07) is 7.75. The molecule has 2 aromatic rings. The van der Waals surface area contributed by atoms with Crippen molar-refractivity contribution in [3.8, 4) is 0 Å². The maximum atomic E-state index is 11.9. The molecular formula is C18H24N2O3. The lowest BCUT2D eigenvalue weighted by molar-refractivity contribution is -0.143. The number of aromatic nitrogens is 1. The number of H-pyrrole nitrogens is 1. The molecule has 1 aromatic heterocycles. The first-order chi connectivity index (χ1) is 11.1. The van der Waals surface area contributed by atoms with Crippen LogP contribution < -0.4 is 5.32 Å². The predicted octanol–water partition coefficient (Wildman–Crippen LogP) is 2.95. The molecule has 1 heterocycles. The number of nitrogens with one attached hydrogen (secondary N) is 2. The van der Waals surface area contributed by atoms with Crippen LogP contribution in [0.5, 0.6) is 0 Å². The molecule has 0 saturated heterocycles. The summed E-state index contributed by atoms with van der Waals surface area (Å²) < 4.78 is 5.02. The van der Waals surface area contributed by atoms with Crippen molar-refractivity contribution in [1.29, 1.82) is 0 Å². The van der Waals surface area contributed by atoms with E-state index in [0.717, 1.165) is 22.9 Å². The van der Waals surface area contributed by atoms with Crippen LogP contribution in [0.15, 0.2) is 30.5 Å². The van der Waals surface area contributed by atoms with E-state index in [4.69, 9.17) is 4.74 Å². The van der Waals surface area contributed by atoms with Gasteiger partial charge in [0.25, 0.3) is 0 Å². The summed E-state index contributed by atoms with van der Waals surface area (Å²) in [5.74, 6) is -0.309. The molecule has 0 bridgehead atoms. The van der Waals surface area contributed by atoms with Gasteiger partial charge in [-0.1, -0.05) is 25.1 Å². The molecule has 124 valence electrons. The van der Waals surface area contributed by atoms with E-state index in [0.29, 0.717) is 19.4 Å². The highest BCUT2D eigenvalue weighted by Crippen LogP contribution is 2.20. The summed E-state index contributed by atoms with van der Waals surface area (Å²) in [4.78, 5) is 26.9. The number of hydrogen-bond donors (Lipinski definition) is 2. The van der Waals surface area contributed by atoms with Gasteiger partial charge in [0.1, 0.15) is 0 Å². The monoisotopic (exact) mass is 316 g/mol. The van der Waals surface area contributed by atoms with Crippen LogP contribution in [0.4, 0.5) is 0 Å². The summed E-state index contributed by atoms with van der Waals surface area (Å²) in [5, 5.41) is 4.07. The number of carbonyl (C=O) groups is 2. The van der Waals surface area contributed by atoms with E-state index in [9.17, 15) is 9.59 Å². The summed E-state index contributed by atoms with van der Waals surface area (Å²) >= 11 is 0. The van der Waals surface area contributed by atoms with Gasteiger partial charge in [0, 0.05) is 29.6 Å². The van der Waals surface area contributed by atoms with Gasteiger partial charge in [0.05, 0.1) is 13.0 Å². The highest BCUT2D eigenvalue weighted by Gasteiger charge is 2.19. The standard InChI is InChI=1S/C18H24N2O3/c1-3-7-17(21)20-14(11-18(22)23-4-2)10-13-12-19-16-9-6-5-8-15(13)16/h5-6,8-9,12,14,19H,3-4,7,10-11H2,1-2H3,(H,20,21)/t14-/m1/s1. The number of rotatable bonds is 8. The molecule has 5 nitrogen and oxygen atoms in total. The number of carbonyl (C=O) groups excluding carboxylic acids is 2. The molecule has 5 heteroatoms. The number of amides is 1. The molecular weight excluding hydrogens is 292 g/mol. The van der Waals surface area contributed by atoms with Gasteiger partial charge in [-0.25, -0.2) is 0 Å². The highest BCUT2D eigenvalue weighted by atomic mass is 16.5. The van der Waals surface area contributed by atoms with Gasteiger partial charge in [0.2, 0.25) is 5.91 Å². The van der Waals surface area contributed by atoms with Crippen LogP contribution in [0.3, 0.4) is 0 Å². The van der Waals surface area contributed by atoms with Crippen LogP contribution >= 0.6 is 0 Å². The zero-order valence-corrected chi connectivity index (χ0v) is 13.7. The minimum atomic E-state index is -0.283. The first-order valence-electron chi connectivity index (χ1n) is 8.14. The normalized spacial score (nSPS) is 12.1. The number of benzene rings is 1. The van der Waals surface area contributed by atoms with E-state index in [2.05, 4.69) is 10.3 Å². The zero-order chi connectivity index (χ0) is 16.7. The molecule has 2 N–H and O–H groups in total. The van der Waals surface area contributed by atoms with E-state index >= 15 is 0 Å². The second kappa shape index (κ2) is 8.36. The van der Waals surface area contributed by atoms with Gasteiger partial charge < -0.3 is 15.0 Å². The van der Waals surface area contributed by atoms with Crippen molar-refractivity contribution in [3.63, 3.8) is 0 Å².